The minimum atomic E-state index is 0.0557. The Morgan fingerprint density at radius 2 is 2.00 bits per heavy atom. The van der Waals surface area contributed by atoms with Crippen molar-refractivity contribution in [3.63, 3.8) is 0 Å². The summed E-state index contributed by atoms with van der Waals surface area (Å²) in [7, 11) is 1.57. The zero-order chi connectivity index (χ0) is 12.0. The van der Waals surface area contributed by atoms with E-state index in [1.165, 1.54) is 6.92 Å². The number of hydrogen-bond donors (Lipinski definition) is 0. The molecular weight excluding hydrogens is 204 g/mol. The summed E-state index contributed by atoms with van der Waals surface area (Å²) in [6, 6.07) is 7.07. The summed E-state index contributed by atoms with van der Waals surface area (Å²) < 4.78 is 5.04. The highest BCUT2D eigenvalue weighted by Crippen LogP contribution is 2.15. The molecule has 3 nitrogen and oxygen atoms in total. The van der Waals surface area contributed by atoms with Gasteiger partial charge in [0.2, 0.25) is 0 Å². The Kier molecular flexibility index (Phi) is 4.70. The molecule has 1 aromatic carbocycles. The molecule has 0 N–H and O–H groups in total. The van der Waals surface area contributed by atoms with E-state index in [1.54, 1.807) is 31.4 Å². The van der Waals surface area contributed by atoms with Crippen molar-refractivity contribution in [2.45, 2.75) is 26.2 Å². The lowest BCUT2D eigenvalue weighted by atomic mass is 10.0. The van der Waals surface area contributed by atoms with E-state index in [-0.39, 0.29) is 11.6 Å². The molecule has 0 saturated heterocycles. The smallest absolute Gasteiger partial charge is 0.163 e. The molecule has 0 bridgehead atoms. The molecule has 0 unspecified atom stereocenters. The van der Waals surface area contributed by atoms with Gasteiger partial charge in [-0.2, -0.15) is 0 Å². The number of methoxy groups -OCH3 is 1. The second kappa shape index (κ2) is 6.05. The van der Waals surface area contributed by atoms with Crippen LogP contribution in [-0.2, 0) is 4.79 Å². The zero-order valence-electron chi connectivity index (χ0n) is 9.66. The molecular formula is C13H16O3. The van der Waals surface area contributed by atoms with Crippen molar-refractivity contribution in [1.82, 2.24) is 0 Å². The van der Waals surface area contributed by atoms with E-state index in [0.717, 1.165) is 0 Å². The standard InChI is InChI=1S/C13H16O3/c1-10(14)5-3-8-13(15)11-6-4-7-12(9-11)16-2/h4,6-7,9H,3,5,8H2,1-2H3. The number of benzene rings is 1. The van der Waals surface area contributed by atoms with Gasteiger partial charge < -0.3 is 9.53 Å². The number of ketones is 2. The van der Waals surface area contributed by atoms with Gasteiger partial charge in [0.1, 0.15) is 11.5 Å². The largest absolute Gasteiger partial charge is 0.497 e. The normalized spacial score (nSPS) is 9.88. The van der Waals surface area contributed by atoms with Crippen LogP contribution >= 0.6 is 0 Å². The molecule has 0 aromatic heterocycles. The van der Waals surface area contributed by atoms with Crippen LogP contribution in [0.25, 0.3) is 0 Å². The molecule has 1 aromatic rings. The van der Waals surface area contributed by atoms with E-state index in [1.807, 2.05) is 0 Å². The number of hydrogen-bond acceptors (Lipinski definition) is 3. The Labute approximate surface area is 95.4 Å². The summed E-state index contributed by atoms with van der Waals surface area (Å²) in [5.74, 6) is 0.857. The molecule has 0 atom stereocenters. The number of rotatable bonds is 6. The lowest BCUT2D eigenvalue weighted by Gasteiger charge is -2.03. The topological polar surface area (TPSA) is 43.4 Å². The fourth-order valence-corrected chi connectivity index (χ4v) is 1.44. The first-order chi connectivity index (χ1) is 7.63. The molecule has 0 fully saturated rings. The highest BCUT2D eigenvalue weighted by Gasteiger charge is 2.07. The highest BCUT2D eigenvalue weighted by atomic mass is 16.5. The van der Waals surface area contributed by atoms with Crippen molar-refractivity contribution in [2.75, 3.05) is 7.11 Å². The lowest BCUT2D eigenvalue weighted by Crippen LogP contribution is -2.01. The minimum absolute atomic E-state index is 0.0557. The molecule has 0 spiro atoms. The summed E-state index contributed by atoms with van der Waals surface area (Å²) in [6.07, 6.45) is 1.49. The molecule has 0 amide bonds. The van der Waals surface area contributed by atoms with E-state index < -0.39 is 0 Å². The summed E-state index contributed by atoms with van der Waals surface area (Å²) in [4.78, 5) is 22.5. The predicted molar refractivity (Wildman–Crippen MR) is 61.9 cm³/mol. The summed E-state index contributed by atoms with van der Waals surface area (Å²) in [6.45, 7) is 1.54. The molecule has 0 aliphatic carbocycles. The number of carbonyl (C=O) groups excluding carboxylic acids is 2. The van der Waals surface area contributed by atoms with Crippen LogP contribution in [0.3, 0.4) is 0 Å². The Morgan fingerprint density at radius 1 is 1.25 bits per heavy atom. The van der Waals surface area contributed by atoms with Gasteiger partial charge in [0.25, 0.3) is 0 Å². The van der Waals surface area contributed by atoms with E-state index in [2.05, 4.69) is 0 Å². The van der Waals surface area contributed by atoms with Crippen LogP contribution in [0.15, 0.2) is 24.3 Å². The number of ether oxygens (including phenoxy) is 1. The molecule has 0 aliphatic rings. The van der Waals surface area contributed by atoms with Crippen LogP contribution in [-0.4, -0.2) is 18.7 Å². The van der Waals surface area contributed by atoms with Crippen molar-refractivity contribution in [3.8, 4) is 5.75 Å². The van der Waals surface area contributed by atoms with Crippen molar-refractivity contribution >= 4 is 11.6 Å². The highest BCUT2D eigenvalue weighted by molar-refractivity contribution is 5.96. The molecule has 86 valence electrons. The van der Waals surface area contributed by atoms with Gasteiger partial charge in [-0.25, -0.2) is 0 Å². The van der Waals surface area contributed by atoms with Crippen molar-refractivity contribution < 1.29 is 14.3 Å². The van der Waals surface area contributed by atoms with Crippen LogP contribution in [0.1, 0.15) is 36.5 Å². The van der Waals surface area contributed by atoms with Crippen molar-refractivity contribution in [1.29, 1.82) is 0 Å². The molecule has 0 heterocycles. The van der Waals surface area contributed by atoms with Crippen molar-refractivity contribution in [2.24, 2.45) is 0 Å². The first kappa shape index (κ1) is 12.4. The molecule has 0 aliphatic heterocycles. The molecule has 3 heteroatoms. The van der Waals surface area contributed by atoms with Gasteiger partial charge in [0, 0.05) is 18.4 Å². The van der Waals surface area contributed by atoms with Gasteiger partial charge in [0.05, 0.1) is 7.11 Å². The minimum Gasteiger partial charge on any atom is -0.497 e. The van der Waals surface area contributed by atoms with Gasteiger partial charge in [-0.1, -0.05) is 12.1 Å². The fourth-order valence-electron chi connectivity index (χ4n) is 1.44. The van der Waals surface area contributed by atoms with Gasteiger partial charge in [-0.15, -0.1) is 0 Å². The fraction of sp³-hybridized carbons (Fsp3) is 0.385. The SMILES string of the molecule is COc1cccc(C(=O)CCCC(C)=O)c1. The average molecular weight is 220 g/mol. The average Bonchev–Trinajstić information content (AvgIpc) is 2.28. The van der Waals surface area contributed by atoms with Gasteiger partial charge >= 0.3 is 0 Å². The number of carbonyl (C=O) groups is 2. The van der Waals surface area contributed by atoms with E-state index in [0.29, 0.717) is 30.6 Å². The maximum Gasteiger partial charge on any atom is 0.163 e. The maximum atomic E-state index is 11.7. The maximum absolute atomic E-state index is 11.7. The summed E-state index contributed by atoms with van der Waals surface area (Å²) >= 11 is 0. The Balaban J connectivity index is 2.55. The number of Topliss-reactive ketones (excluding diaryl/α,β-unsaturated/α-hetero) is 2. The lowest BCUT2D eigenvalue weighted by molar-refractivity contribution is -0.117. The Hall–Kier alpha value is -1.64. The summed E-state index contributed by atoms with van der Waals surface area (Å²) in [5.41, 5.74) is 0.642. The monoisotopic (exact) mass is 220 g/mol. The molecule has 0 saturated carbocycles. The van der Waals surface area contributed by atoms with Crippen LogP contribution in [0.5, 0.6) is 5.75 Å². The second-order valence-electron chi connectivity index (χ2n) is 3.71. The summed E-state index contributed by atoms with van der Waals surface area (Å²) in [5, 5.41) is 0. The molecule has 0 radical (unpaired) electrons. The van der Waals surface area contributed by atoms with E-state index in [4.69, 9.17) is 4.74 Å². The van der Waals surface area contributed by atoms with E-state index >= 15 is 0 Å². The third kappa shape index (κ3) is 3.85. The third-order valence-electron chi connectivity index (χ3n) is 2.32. The molecule has 16 heavy (non-hydrogen) atoms. The van der Waals surface area contributed by atoms with Gasteiger partial charge in [0.15, 0.2) is 5.78 Å². The van der Waals surface area contributed by atoms with Crippen LogP contribution in [0.4, 0.5) is 0 Å². The van der Waals surface area contributed by atoms with Crippen LogP contribution in [0, 0.1) is 0 Å². The quantitative estimate of drug-likeness (QED) is 0.692. The van der Waals surface area contributed by atoms with Crippen LogP contribution in [0.2, 0.25) is 0 Å². The van der Waals surface area contributed by atoms with Crippen molar-refractivity contribution in [3.05, 3.63) is 29.8 Å². The second-order valence-corrected chi connectivity index (χ2v) is 3.71. The third-order valence-corrected chi connectivity index (χ3v) is 2.32. The first-order valence-corrected chi connectivity index (χ1v) is 5.30. The Bertz CT molecular complexity index is 383. The first-order valence-electron chi connectivity index (χ1n) is 5.30. The van der Waals surface area contributed by atoms with E-state index in [9.17, 15) is 9.59 Å². The molecule has 1 rings (SSSR count). The van der Waals surface area contributed by atoms with Gasteiger partial charge in [-0.05, 0) is 25.5 Å². The van der Waals surface area contributed by atoms with Crippen LogP contribution < -0.4 is 4.74 Å². The van der Waals surface area contributed by atoms with Gasteiger partial charge in [-0.3, -0.25) is 4.79 Å². The Morgan fingerprint density at radius 3 is 2.62 bits per heavy atom. The predicted octanol–water partition coefficient (Wildman–Crippen LogP) is 2.64. The zero-order valence-corrected chi connectivity index (χ0v) is 9.66.